The maximum Gasteiger partial charge on any atom is 0.141 e. The molecule has 0 aliphatic rings. The van der Waals surface area contributed by atoms with Crippen molar-refractivity contribution in [3.8, 4) is 11.1 Å². The molecule has 0 radical (unpaired) electrons. The summed E-state index contributed by atoms with van der Waals surface area (Å²) in [5, 5.41) is 4.01. The van der Waals surface area contributed by atoms with E-state index in [0.29, 0.717) is 0 Å². The summed E-state index contributed by atoms with van der Waals surface area (Å²) in [5.41, 5.74) is 1.92. The van der Waals surface area contributed by atoms with Crippen LogP contribution in [-0.4, -0.2) is 16.1 Å². The number of hydrogen-bond acceptors (Lipinski definition) is 3. The van der Waals surface area contributed by atoms with Gasteiger partial charge in [0.1, 0.15) is 6.29 Å². The highest BCUT2D eigenvalue weighted by Crippen LogP contribution is 2.17. The molecule has 4 nitrogen and oxygen atoms in total. The van der Waals surface area contributed by atoms with Crippen LogP contribution in [-0.2, 0) is 11.3 Å². The topological polar surface area (TPSA) is 48.0 Å². The molecule has 0 aliphatic heterocycles. The molecule has 0 bridgehead atoms. The lowest BCUT2D eigenvalue weighted by Gasteiger charge is -1.89. The minimum atomic E-state index is 0.290. The number of carbonyl (C=O) groups excluding carboxylic acids is 1. The second kappa shape index (κ2) is 3.26. The SMILES string of the molecule is O=CCn1cc(-c2ccoc2)cn1. The molecule has 13 heavy (non-hydrogen) atoms. The number of nitrogens with zero attached hydrogens (tertiary/aromatic N) is 2. The van der Waals surface area contributed by atoms with Gasteiger partial charge in [0.25, 0.3) is 0 Å². The molecular formula is C9H8N2O2. The van der Waals surface area contributed by atoms with Crippen molar-refractivity contribution in [3.05, 3.63) is 31.0 Å². The zero-order valence-electron chi connectivity index (χ0n) is 6.88. The van der Waals surface area contributed by atoms with Crippen LogP contribution in [0.25, 0.3) is 11.1 Å². The lowest BCUT2D eigenvalue weighted by Crippen LogP contribution is -1.97. The summed E-state index contributed by atoms with van der Waals surface area (Å²) in [6.07, 6.45) is 7.56. The lowest BCUT2D eigenvalue weighted by molar-refractivity contribution is -0.108. The molecule has 0 amide bonds. The number of carbonyl (C=O) groups is 1. The van der Waals surface area contributed by atoms with E-state index in [2.05, 4.69) is 5.10 Å². The van der Waals surface area contributed by atoms with Crippen molar-refractivity contribution in [1.82, 2.24) is 9.78 Å². The number of furan rings is 1. The van der Waals surface area contributed by atoms with E-state index in [9.17, 15) is 4.79 Å². The van der Waals surface area contributed by atoms with Crippen molar-refractivity contribution < 1.29 is 9.21 Å². The Hall–Kier alpha value is -1.84. The molecule has 2 aromatic rings. The fraction of sp³-hybridized carbons (Fsp3) is 0.111. The summed E-state index contributed by atoms with van der Waals surface area (Å²) < 4.78 is 6.51. The van der Waals surface area contributed by atoms with Crippen LogP contribution in [0.3, 0.4) is 0 Å². The second-order valence-corrected chi connectivity index (χ2v) is 2.63. The first-order chi connectivity index (χ1) is 6.40. The van der Waals surface area contributed by atoms with E-state index in [4.69, 9.17) is 4.42 Å². The van der Waals surface area contributed by atoms with E-state index in [0.717, 1.165) is 17.4 Å². The van der Waals surface area contributed by atoms with E-state index in [1.165, 1.54) is 0 Å². The van der Waals surface area contributed by atoms with Crippen LogP contribution in [0.5, 0.6) is 0 Å². The van der Waals surface area contributed by atoms with Gasteiger partial charge in [-0.05, 0) is 6.07 Å². The molecule has 2 aromatic heterocycles. The largest absolute Gasteiger partial charge is 0.472 e. The molecule has 4 heteroatoms. The Morgan fingerprint density at radius 1 is 1.54 bits per heavy atom. The van der Waals surface area contributed by atoms with Crippen molar-refractivity contribution in [2.45, 2.75) is 6.54 Å². The second-order valence-electron chi connectivity index (χ2n) is 2.63. The van der Waals surface area contributed by atoms with Gasteiger partial charge in [-0.2, -0.15) is 5.10 Å². The molecule has 0 unspecified atom stereocenters. The van der Waals surface area contributed by atoms with Gasteiger partial charge >= 0.3 is 0 Å². The van der Waals surface area contributed by atoms with E-state index in [-0.39, 0.29) is 6.54 Å². The number of hydrogen-bond donors (Lipinski definition) is 0. The molecule has 0 saturated heterocycles. The normalized spacial score (nSPS) is 10.2. The number of aromatic nitrogens is 2. The molecule has 0 atom stereocenters. The molecule has 2 rings (SSSR count). The fourth-order valence-corrected chi connectivity index (χ4v) is 1.12. The summed E-state index contributed by atoms with van der Waals surface area (Å²) in [4.78, 5) is 10.2. The van der Waals surface area contributed by atoms with Gasteiger partial charge in [-0.1, -0.05) is 0 Å². The average Bonchev–Trinajstić information content (AvgIpc) is 2.70. The monoisotopic (exact) mass is 176 g/mol. The minimum Gasteiger partial charge on any atom is -0.472 e. The maximum absolute atomic E-state index is 10.2. The van der Waals surface area contributed by atoms with Crippen LogP contribution >= 0.6 is 0 Å². The molecule has 2 heterocycles. The van der Waals surface area contributed by atoms with Crippen molar-refractivity contribution in [3.63, 3.8) is 0 Å². The van der Waals surface area contributed by atoms with E-state index >= 15 is 0 Å². The quantitative estimate of drug-likeness (QED) is 0.663. The summed E-state index contributed by atoms with van der Waals surface area (Å²) in [6, 6.07) is 1.85. The Balaban J connectivity index is 2.28. The Morgan fingerprint density at radius 3 is 3.15 bits per heavy atom. The average molecular weight is 176 g/mol. The van der Waals surface area contributed by atoms with E-state index < -0.39 is 0 Å². The van der Waals surface area contributed by atoms with Gasteiger partial charge in [0.05, 0.1) is 25.3 Å². The smallest absolute Gasteiger partial charge is 0.141 e. The standard InChI is InChI=1S/C9H8N2O2/c12-3-2-11-6-9(5-10-11)8-1-4-13-7-8/h1,3-7H,2H2. The highest BCUT2D eigenvalue weighted by atomic mass is 16.3. The first-order valence-corrected chi connectivity index (χ1v) is 3.89. The molecule has 0 N–H and O–H groups in total. The minimum absolute atomic E-state index is 0.290. The molecule has 0 aliphatic carbocycles. The van der Waals surface area contributed by atoms with Crippen LogP contribution in [0.2, 0.25) is 0 Å². The fourth-order valence-electron chi connectivity index (χ4n) is 1.12. The molecule has 66 valence electrons. The van der Waals surface area contributed by atoms with Gasteiger partial charge in [-0.15, -0.1) is 0 Å². The Morgan fingerprint density at radius 2 is 2.46 bits per heavy atom. The Kier molecular flexibility index (Phi) is 1.96. The van der Waals surface area contributed by atoms with E-state index in [1.807, 2.05) is 6.07 Å². The molecule has 0 aromatic carbocycles. The van der Waals surface area contributed by atoms with Crippen LogP contribution in [0.15, 0.2) is 35.4 Å². The van der Waals surface area contributed by atoms with Gasteiger partial charge in [-0.3, -0.25) is 4.68 Å². The van der Waals surface area contributed by atoms with Crippen LogP contribution in [0.1, 0.15) is 0 Å². The highest BCUT2D eigenvalue weighted by molar-refractivity contribution is 5.60. The summed E-state index contributed by atoms with van der Waals surface area (Å²) in [7, 11) is 0. The number of rotatable bonds is 3. The van der Waals surface area contributed by atoms with Crippen LogP contribution in [0.4, 0.5) is 0 Å². The summed E-state index contributed by atoms with van der Waals surface area (Å²) >= 11 is 0. The molecular weight excluding hydrogens is 168 g/mol. The van der Waals surface area contributed by atoms with Gasteiger partial charge < -0.3 is 9.21 Å². The zero-order chi connectivity index (χ0) is 9.10. The van der Waals surface area contributed by atoms with Crippen molar-refractivity contribution >= 4 is 6.29 Å². The third-order valence-electron chi connectivity index (χ3n) is 1.75. The first-order valence-electron chi connectivity index (χ1n) is 3.89. The van der Waals surface area contributed by atoms with Crippen molar-refractivity contribution in [2.75, 3.05) is 0 Å². The highest BCUT2D eigenvalue weighted by Gasteiger charge is 2.01. The summed E-state index contributed by atoms with van der Waals surface area (Å²) in [6.45, 7) is 0.290. The summed E-state index contributed by atoms with van der Waals surface area (Å²) in [5.74, 6) is 0. The van der Waals surface area contributed by atoms with Crippen LogP contribution < -0.4 is 0 Å². The van der Waals surface area contributed by atoms with Crippen molar-refractivity contribution in [1.29, 1.82) is 0 Å². The van der Waals surface area contributed by atoms with Crippen LogP contribution in [0, 0.1) is 0 Å². The Labute approximate surface area is 74.8 Å². The molecule has 0 spiro atoms. The Bertz CT molecular complexity index is 389. The number of aldehydes is 1. The van der Waals surface area contributed by atoms with Crippen molar-refractivity contribution in [2.24, 2.45) is 0 Å². The maximum atomic E-state index is 10.2. The van der Waals surface area contributed by atoms with E-state index in [1.54, 1.807) is 29.6 Å². The zero-order valence-corrected chi connectivity index (χ0v) is 6.88. The predicted octanol–water partition coefficient (Wildman–Crippen LogP) is 1.34. The van der Waals surface area contributed by atoms with Gasteiger partial charge in [0.2, 0.25) is 0 Å². The first kappa shape index (κ1) is 7.79. The molecule has 0 fully saturated rings. The third kappa shape index (κ3) is 1.51. The molecule has 0 saturated carbocycles. The van der Waals surface area contributed by atoms with Gasteiger partial charge in [0, 0.05) is 17.3 Å². The van der Waals surface area contributed by atoms with Gasteiger partial charge in [0.15, 0.2) is 0 Å². The van der Waals surface area contributed by atoms with Gasteiger partial charge in [-0.25, -0.2) is 0 Å². The lowest BCUT2D eigenvalue weighted by atomic mass is 10.2. The predicted molar refractivity (Wildman–Crippen MR) is 46.0 cm³/mol. The third-order valence-corrected chi connectivity index (χ3v) is 1.75.